The number of amides is 1. The number of likely N-dealkylation sites (N-methyl/N-ethyl adjacent to an activating group) is 1. The van der Waals surface area contributed by atoms with Gasteiger partial charge in [0.2, 0.25) is 11.9 Å². The van der Waals surface area contributed by atoms with Crippen molar-refractivity contribution in [2.45, 2.75) is 12.5 Å². The van der Waals surface area contributed by atoms with Crippen molar-refractivity contribution in [3.05, 3.63) is 61.3 Å². The number of fused-ring (bicyclic) bond motifs is 1. The Hall–Kier alpha value is -4.48. The van der Waals surface area contributed by atoms with Gasteiger partial charge in [-0.2, -0.15) is 0 Å². The van der Waals surface area contributed by atoms with Crippen molar-refractivity contribution in [2.24, 2.45) is 7.05 Å². The van der Waals surface area contributed by atoms with E-state index in [-0.39, 0.29) is 5.91 Å². The van der Waals surface area contributed by atoms with Crippen LogP contribution in [0.25, 0.3) is 22.6 Å². The Morgan fingerprint density at radius 1 is 1.05 bits per heavy atom. The summed E-state index contributed by atoms with van der Waals surface area (Å²) in [6.07, 6.45) is 4.05. The molecule has 42 heavy (non-hydrogen) atoms. The largest absolute Gasteiger partial charge is 0.494 e. The van der Waals surface area contributed by atoms with Crippen LogP contribution in [0.5, 0.6) is 5.75 Å². The molecule has 4 aromatic rings. The molecule has 2 aromatic carbocycles. The van der Waals surface area contributed by atoms with Gasteiger partial charge in [-0.05, 0) is 43.8 Å². The van der Waals surface area contributed by atoms with E-state index in [1.165, 1.54) is 6.08 Å². The molecule has 0 spiro atoms. The maximum atomic E-state index is 12.5. The highest BCUT2D eigenvalue weighted by atomic mass is 16.5. The Balaban J connectivity index is 1.29. The van der Waals surface area contributed by atoms with Crippen LogP contribution in [0.3, 0.4) is 0 Å². The number of anilines is 4. The number of nitrogens with zero attached hydrogens (tertiary/aromatic N) is 7. The summed E-state index contributed by atoms with van der Waals surface area (Å²) in [4.78, 5) is 33.8. The zero-order valence-electron chi connectivity index (χ0n) is 24.4. The van der Waals surface area contributed by atoms with E-state index >= 15 is 0 Å². The van der Waals surface area contributed by atoms with Crippen LogP contribution in [0.1, 0.15) is 6.42 Å². The molecule has 2 aliphatic heterocycles. The van der Waals surface area contributed by atoms with E-state index in [9.17, 15) is 4.79 Å². The van der Waals surface area contributed by atoms with E-state index in [0.29, 0.717) is 34.8 Å². The molecule has 11 nitrogen and oxygen atoms in total. The predicted octanol–water partition coefficient (Wildman–Crippen LogP) is 3.73. The number of hydrogen-bond acceptors (Lipinski definition) is 9. The number of methoxy groups -OCH3 is 1. The third-order valence-electron chi connectivity index (χ3n) is 8.24. The van der Waals surface area contributed by atoms with Gasteiger partial charge >= 0.3 is 0 Å². The first kappa shape index (κ1) is 27.7. The van der Waals surface area contributed by atoms with Crippen LogP contribution in [0.2, 0.25) is 0 Å². The highest BCUT2D eigenvalue weighted by Gasteiger charge is 2.31. The summed E-state index contributed by atoms with van der Waals surface area (Å²) < 4.78 is 7.84. The van der Waals surface area contributed by atoms with Crippen LogP contribution in [0, 0.1) is 0 Å². The Morgan fingerprint density at radius 2 is 1.86 bits per heavy atom. The van der Waals surface area contributed by atoms with Gasteiger partial charge in [-0.25, -0.2) is 15.0 Å². The Bertz CT molecular complexity index is 1610. The van der Waals surface area contributed by atoms with Crippen LogP contribution >= 0.6 is 0 Å². The van der Waals surface area contributed by atoms with Crippen molar-refractivity contribution in [2.75, 3.05) is 69.0 Å². The molecule has 0 unspecified atom stereocenters. The van der Waals surface area contributed by atoms with Gasteiger partial charge in [0.15, 0.2) is 5.82 Å². The number of benzene rings is 2. The van der Waals surface area contributed by atoms with Crippen LogP contribution < -0.4 is 20.3 Å². The molecule has 4 heterocycles. The van der Waals surface area contributed by atoms with E-state index in [1.54, 1.807) is 13.3 Å². The number of imidazole rings is 1. The normalized spacial score (nSPS) is 17.9. The highest BCUT2D eigenvalue weighted by Crippen LogP contribution is 2.40. The van der Waals surface area contributed by atoms with Gasteiger partial charge in [0.1, 0.15) is 11.4 Å². The van der Waals surface area contributed by atoms with Crippen LogP contribution in [0.4, 0.5) is 23.0 Å². The third-order valence-corrected chi connectivity index (χ3v) is 8.24. The number of rotatable bonds is 8. The summed E-state index contributed by atoms with van der Waals surface area (Å²) in [6.45, 7) is 9.76. The molecule has 218 valence electrons. The van der Waals surface area contributed by atoms with Crippen molar-refractivity contribution in [1.82, 2.24) is 29.3 Å². The fraction of sp³-hybridized carbons (Fsp3) is 0.355. The summed E-state index contributed by atoms with van der Waals surface area (Å²) in [7, 11) is 5.79. The van der Waals surface area contributed by atoms with Crippen molar-refractivity contribution >= 4 is 40.0 Å². The molecule has 6 rings (SSSR count). The molecule has 2 aliphatic rings. The second-order valence-electron chi connectivity index (χ2n) is 10.9. The van der Waals surface area contributed by atoms with Gasteiger partial charge in [0, 0.05) is 64.6 Å². The average molecular weight is 568 g/mol. The number of hydrogen-bond donors (Lipinski definition) is 2. The predicted molar refractivity (Wildman–Crippen MR) is 167 cm³/mol. The Labute approximate surface area is 245 Å². The number of para-hydroxylation sites is 2. The second-order valence-corrected chi connectivity index (χ2v) is 10.9. The molecular formula is C31H37N9O2. The number of piperazine rings is 1. The fourth-order valence-corrected chi connectivity index (χ4v) is 5.87. The molecule has 0 radical (unpaired) electrons. The molecule has 2 saturated heterocycles. The summed E-state index contributed by atoms with van der Waals surface area (Å²) >= 11 is 0. The lowest BCUT2D eigenvalue weighted by atomic mass is 10.2. The van der Waals surface area contributed by atoms with E-state index < -0.39 is 0 Å². The van der Waals surface area contributed by atoms with Crippen molar-refractivity contribution in [3.63, 3.8) is 0 Å². The average Bonchev–Trinajstić information content (AvgIpc) is 3.63. The topological polar surface area (TPSA) is 104 Å². The lowest BCUT2D eigenvalue weighted by Gasteiger charge is -2.36. The van der Waals surface area contributed by atoms with Crippen molar-refractivity contribution in [1.29, 1.82) is 0 Å². The minimum atomic E-state index is -0.276. The lowest BCUT2D eigenvalue weighted by molar-refractivity contribution is -0.111. The van der Waals surface area contributed by atoms with Gasteiger partial charge in [-0.1, -0.05) is 18.7 Å². The molecule has 1 atom stereocenters. The molecule has 1 amide bonds. The van der Waals surface area contributed by atoms with Crippen LogP contribution in [-0.4, -0.2) is 94.7 Å². The van der Waals surface area contributed by atoms with Gasteiger partial charge in [0.25, 0.3) is 0 Å². The molecule has 2 aromatic heterocycles. The number of nitrogens with one attached hydrogen (secondary N) is 2. The van der Waals surface area contributed by atoms with Crippen LogP contribution in [0.15, 0.2) is 61.3 Å². The standard InChI is InChI=1S/C31H37N9O2/c1-5-29(41)33-24-18-25(28(42-4)19-27(24)40-13-11-21(20-40)39-16-14-37(2)15-17-39)36-31-32-12-10-23(35-31)30-34-22-8-6-7-9-26(22)38(30)3/h5-10,12,18-19,21H,1,11,13-17,20H2,2-4H3,(H,33,41)(H,32,35,36)/t21-/m0/s1. The molecule has 0 saturated carbocycles. The number of aromatic nitrogens is 4. The number of ether oxygens (including phenoxy) is 1. The first-order valence-corrected chi connectivity index (χ1v) is 14.3. The lowest BCUT2D eigenvalue weighted by Crippen LogP contribution is -2.49. The summed E-state index contributed by atoms with van der Waals surface area (Å²) in [5.41, 5.74) is 4.84. The van der Waals surface area contributed by atoms with Crippen LogP contribution in [-0.2, 0) is 11.8 Å². The van der Waals surface area contributed by atoms with E-state index in [2.05, 4.69) is 43.9 Å². The van der Waals surface area contributed by atoms with Gasteiger partial charge in [-0.15, -0.1) is 0 Å². The quantitative estimate of drug-likeness (QED) is 0.308. The zero-order chi connectivity index (χ0) is 29.2. The summed E-state index contributed by atoms with van der Waals surface area (Å²) in [6, 6.07) is 14.2. The Kier molecular flexibility index (Phi) is 7.77. The first-order chi connectivity index (χ1) is 20.4. The van der Waals surface area contributed by atoms with Gasteiger partial charge in [0.05, 0.1) is 35.2 Å². The number of carbonyl (C=O) groups is 1. The van der Waals surface area contributed by atoms with E-state index in [4.69, 9.17) is 14.7 Å². The monoisotopic (exact) mass is 567 g/mol. The molecule has 0 aliphatic carbocycles. The SMILES string of the molecule is C=CC(=O)Nc1cc(Nc2nccc(-c3nc4ccccc4n3C)n2)c(OC)cc1N1CC[C@H](N2CCN(C)CC2)C1. The maximum Gasteiger partial charge on any atom is 0.247 e. The zero-order valence-corrected chi connectivity index (χ0v) is 24.4. The minimum Gasteiger partial charge on any atom is -0.494 e. The highest BCUT2D eigenvalue weighted by molar-refractivity contribution is 6.02. The Morgan fingerprint density at radius 3 is 2.62 bits per heavy atom. The third kappa shape index (κ3) is 5.53. The smallest absolute Gasteiger partial charge is 0.247 e. The van der Waals surface area contributed by atoms with E-state index in [1.807, 2.05) is 54.1 Å². The minimum absolute atomic E-state index is 0.276. The molecule has 2 N–H and O–H groups in total. The number of aryl methyl sites for hydroxylation is 1. The second kappa shape index (κ2) is 11.8. The first-order valence-electron chi connectivity index (χ1n) is 14.3. The summed E-state index contributed by atoms with van der Waals surface area (Å²) in [5.74, 6) is 1.48. The van der Waals surface area contributed by atoms with Crippen molar-refractivity contribution in [3.8, 4) is 17.3 Å². The fourth-order valence-electron chi connectivity index (χ4n) is 5.87. The molecule has 0 bridgehead atoms. The van der Waals surface area contributed by atoms with Crippen molar-refractivity contribution < 1.29 is 9.53 Å². The summed E-state index contributed by atoms with van der Waals surface area (Å²) in [5, 5.41) is 6.31. The molecule has 11 heteroatoms. The molecular weight excluding hydrogens is 530 g/mol. The van der Waals surface area contributed by atoms with E-state index in [0.717, 1.165) is 68.2 Å². The maximum absolute atomic E-state index is 12.5. The van der Waals surface area contributed by atoms with Gasteiger partial charge < -0.3 is 29.7 Å². The molecule has 2 fully saturated rings. The number of carbonyl (C=O) groups excluding carboxylic acids is 1. The van der Waals surface area contributed by atoms with Gasteiger partial charge in [-0.3, -0.25) is 9.69 Å².